The predicted molar refractivity (Wildman–Crippen MR) is 88.4 cm³/mol. The summed E-state index contributed by atoms with van der Waals surface area (Å²) in [6.45, 7) is 3.49. The summed E-state index contributed by atoms with van der Waals surface area (Å²) in [6, 6.07) is 8.64. The molecule has 1 heterocycles. The van der Waals surface area contributed by atoms with Crippen molar-refractivity contribution in [2.45, 2.75) is 25.6 Å². The first-order valence-corrected chi connectivity index (χ1v) is 8.13. The molecule has 0 aliphatic heterocycles. The number of benzene rings is 1. The van der Waals surface area contributed by atoms with E-state index in [-0.39, 0.29) is 12.5 Å². The molecule has 22 heavy (non-hydrogen) atoms. The second-order valence-corrected chi connectivity index (χ2v) is 6.57. The highest BCUT2D eigenvalue weighted by atomic mass is 35.5. The number of ether oxygens (including phenoxy) is 1. The quantitative estimate of drug-likeness (QED) is 0.848. The van der Waals surface area contributed by atoms with Crippen LogP contribution in [0.25, 0.3) is 0 Å². The molecular weight excluding hydrogens is 322 g/mol. The van der Waals surface area contributed by atoms with E-state index < -0.39 is 11.7 Å². The van der Waals surface area contributed by atoms with Crippen molar-refractivity contribution in [2.75, 3.05) is 6.54 Å². The molecule has 118 valence electrons. The van der Waals surface area contributed by atoms with E-state index in [4.69, 9.17) is 16.3 Å². The molecule has 4 nitrogen and oxygen atoms in total. The third kappa shape index (κ3) is 4.47. The molecular formula is C16H18ClNO3S. The van der Waals surface area contributed by atoms with Crippen LogP contribution >= 0.6 is 22.9 Å². The molecule has 1 atom stereocenters. The van der Waals surface area contributed by atoms with Crippen molar-refractivity contribution in [3.8, 4) is 5.75 Å². The van der Waals surface area contributed by atoms with Gasteiger partial charge in [0.2, 0.25) is 0 Å². The first-order valence-electron chi connectivity index (χ1n) is 6.81. The number of halogens is 1. The fraction of sp³-hybridized carbons (Fsp3) is 0.312. The lowest BCUT2D eigenvalue weighted by atomic mass is 10.1. The Kier molecular flexibility index (Phi) is 5.45. The molecule has 0 saturated heterocycles. The average molecular weight is 340 g/mol. The van der Waals surface area contributed by atoms with Gasteiger partial charge in [0, 0.05) is 11.6 Å². The van der Waals surface area contributed by atoms with Gasteiger partial charge in [0.1, 0.15) is 5.75 Å². The van der Waals surface area contributed by atoms with E-state index >= 15 is 0 Å². The standard InChI is InChI=1S/C16H18ClNO3S/c1-16(2,21-13-5-3-12(17)4-6-13)15(20)18-9-14(19)11-7-8-22-10-11/h3-8,10,14,19H,9H2,1-2H3,(H,18,20). The van der Waals surface area contributed by atoms with Gasteiger partial charge in [-0.25, -0.2) is 0 Å². The molecule has 6 heteroatoms. The van der Waals surface area contributed by atoms with Gasteiger partial charge in [0.15, 0.2) is 5.60 Å². The van der Waals surface area contributed by atoms with Crippen molar-refractivity contribution in [1.82, 2.24) is 5.32 Å². The monoisotopic (exact) mass is 339 g/mol. The predicted octanol–water partition coefficient (Wildman–Crippen LogP) is 3.41. The first kappa shape index (κ1) is 16.8. The van der Waals surface area contributed by atoms with Crippen LogP contribution in [0.2, 0.25) is 5.02 Å². The number of hydrogen-bond acceptors (Lipinski definition) is 4. The summed E-state index contributed by atoms with van der Waals surface area (Å²) >= 11 is 7.32. The molecule has 1 aromatic carbocycles. The molecule has 2 N–H and O–H groups in total. The molecule has 0 spiro atoms. The molecule has 0 radical (unpaired) electrons. The van der Waals surface area contributed by atoms with E-state index in [0.717, 1.165) is 5.56 Å². The van der Waals surface area contributed by atoms with Gasteiger partial charge in [-0.2, -0.15) is 11.3 Å². The summed E-state index contributed by atoms with van der Waals surface area (Å²) in [5.41, 5.74) is -0.260. The van der Waals surface area contributed by atoms with Crippen LogP contribution in [0.1, 0.15) is 25.5 Å². The Hall–Kier alpha value is -1.56. The summed E-state index contributed by atoms with van der Waals surface area (Å²) in [5.74, 6) is 0.264. The number of amides is 1. The summed E-state index contributed by atoms with van der Waals surface area (Å²) in [6.07, 6.45) is -0.721. The molecule has 0 aliphatic rings. The van der Waals surface area contributed by atoms with E-state index in [9.17, 15) is 9.90 Å². The summed E-state index contributed by atoms with van der Waals surface area (Å²) in [5, 5.41) is 17.0. The Bertz CT molecular complexity index is 611. The Morgan fingerprint density at radius 1 is 1.36 bits per heavy atom. The minimum Gasteiger partial charge on any atom is -0.478 e. The highest BCUT2D eigenvalue weighted by molar-refractivity contribution is 7.07. The Morgan fingerprint density at radius 3 is 2.64 bits per heavy atom. The van der Waals surface area contributed by atoms with Crippen molar-refractivity contribution < 1.29 is 14.6 Å². The third-order valence-corrected chi connectivity index (χ3v) is 4.07. The van der Waals surface area contributed by atoms with Crippen LogP contribution in [0.4, 0.5) is 0 Å². The van der Waals surface area contributed by atoms with Gasteiger partial charge in [-0.1, -0.05) is 11.6 Å². The van der Waals surface area contributed by atoms with Crippen LogP contribution in [0, 0.1) is 0 Å². The number of nitrogens with one attached hydrogen (secondary N) is 1. The minimum atomic E-state index is -1.05. The molecule has 0 bridgehead atoms. The van der Waals surface area contributed by atoms with Crippen molar-refractivity contribution in [3.63, 3.8) is 0 Å². The van der Waals surface area contributed by atoms with Gasteiger partial charge in [-0.15, -0.1) is 0 Å². The van der Waals surface area contributed by atoms with Gasteiger partial charge in [0.25, 0.3) is 5.91 Å². The van der Waals surface area contributed by atoms with Gasteiger partial charge >= 0.3 is 0 Å². The zero-order valence-corrected chi connectivity index (χ0v) is 13.9. The van der Waals surface area contributed by atoms with Crippen molar-refractivity contribution in [3.05, 3.63) is 51.7 Å². The third-order valence-electron chi connectivity index (χ3n) is 3.12. The van der Waals surface area contributed by atoms with Crippen LogP contribution in [-0.2, 0) is 4.79 Å². The van der Waals surface area contributed by atoms with Crippen LogP contribution in [0.5, 0.6) is 5.75 Å². The van der Waals surface area contributed by atoms with E-state index in [1.165, 1.54) is 11.3 Å². The maximum Gasteiger partial charge on any atom is 0.263 e. The number of hydrogen-bond donors (Lipinski definition) is 2. The fourth-order valence-corrected chi connectivity index (χ4v) is 2.66. The Balaban J connectivity index is 1.91. The van der Waals surface area contributed by atoms with E-state index in [1.54, 1.807) is 38.1 Å². The summed E-state index contributed by atoms with van der Waals surface area (Å²) in [7, 11) is 0. The van der Waals surface area contributed by atoms with Gasteiger partial charge < -0.3 is 15.2 Å². The number of carbonyl (C=O) groups excluding carboxylic acids is 1. The van der Waals surface area contributed by atoms with Crippen LogP contribution < -0.4 is 10.1 Å². The van der Waals surface area contributed by atoms with Crippen LogP contribution in [-0.4, -0.2) is 23.2 Å². The van der Waals surface area contributed by atoms with Crippen molar-refractivity contribution in [1.29, 1.82) is 0 Å². The van der Waals surface area contributed by atoms with Gasteiger partial charge in [-0.05, 0) is 60.5 Å². The Labute approximate surface area is 138 Å². The lowest BCUT2D eigenvalue weighted by molar-refractivity contribution is -0.134. The minimum absolute atomic E-state index is 0.142. The fourth-order valence-electron chi connectivity index (χ4n) is 1.83. The number of thiophene rings is 1. The number of aliphatic hydroxyl groups is 1. The topological polar surface area (TPSA) is 58.6 Å². The lowest BCUT2D eigenvalue weighted by Gasteiger charge is -2.26. The summed E-state index contributed by atoms with van der Waals surface area (Å²) < 4.78 is 5.69. The van der Waals surface area contributed by atoms with Crippen molar-refractivity contribution in [2.24, 2.45) is 0 Å². The van der Waals surface area contributed by atoms with Crippen LogP contribution in [0.3, 0.4) is 0 Å². The largest absolute Gasteiger partial charge is 0.478 e. The van der Waals surface area contributed by atoms with E-state index in [0.29, 0.717) is 10.8 Å². The smallest absolute Gasteiger partial charge is 0.263 e. The normalized spacial score (nSPS) is 12.7. The SMILES string of the molecule is CC(C)(Oc1ccc(Cl)cc1)C(=O)NCC(O)c1ccsc1. The molecule has 1 unspecified atom stereocenters. The molecule has 0 fully saturated rings. The molecule has 2 rings (SSSR count). The highest BCUT2D eigenvalue weighted by Crippen LogP contribution is 2.21. The highest BCUT2D eigenvalue weighted by Gasteiger charge is 2.30. The number of rotatable bonds is 6. The van der Waals surface area contributed by atoms with Gasteiger partial charge in [-0.3, -0.25) is 4.79 Å². The van der Waals surface area contributed by atoms with Gasteiger partial charge in [0.05, 0.1) is 6.10 Å². The van der Waals surface area contributed by atoms with Crippen molar-refractivity contribution >= 4 is 28.8 Å². The Morgan fingerprint density at radius 2 is 2.05 bits per heavy atom. The van der Waals surface area contributed by atoms with Crippen LogP contribution in [0.15, 0.2) is 41.1 Å². The second-order valence-electron chi connectivity index (χ2n) is 5.35. The zero-order chi connectivity index (χ0) is 16.2. The zero-order valence-electron chi connectivity index (χ0n) is 12.4. The number of carbonyl (C=O) groups is 1. The molecule has 1 amide bonds. The first-order chi connectivity index (χ1) is 10.4. The number of aliphatic hydroxyl groups excluding tert-OH is 1. The maximum atomic E-state index is 12.2. The molecule has 0 aliphatic carbocycles. The van der Waals surface area contributed by atoms with E-state index in [2.05, 4.69) is 5.32 Å². The molecule has 0 saturated carbocycles. The second kappa shape index (κ2) is 7.13. The summed E-state index contributed by atoms with van der Waals surface area (Å²) in [4.78, 5) is 12.2. The average Bonchev–Trinajstić information content (AvgIpc) is 3.01. The maximum absolute atomic E-state index is 12.2. The molecule has 1 aromatic heterocycles. The lowest BCUT2D eigenvalue weighted by Crippen LogP contribution is -2.47. The van der Waals surface area contributed by atoms with E-state index in [1.807, 2.05) is 16.8 Å². The molecule has 2 aromatic rings.